The van der Waals surface area contributed by atoms with Gasteiger partial charge in [0.05, 0.1) is 24.4 Å². The van der Waals surface area contributed by atoms with Crippen LogP contribution in [-0.2, 0) is 4.74 Å². The lowest BCUT2D eigenvalue weighted by atomic mass is 9.58. The number of aromatic nitrogens is 1. The van der Waals surface area contributed by atoms with Crippen molar-refractivity contribution < 1.29 is 14.6 Å². The molecule has 1 saturated carbocycles. The van der Waals surface area contributed by atoms with Crippen molar-refractivity contribution in [2.24, 2.45) is 5.41 Å². The summed E-state index contributed by atoms with van der Waals surface area (Å²) in [7, 11) is 4.06. The second-order valence-electron chi connectivity index (χ2n) is 7.50. The molecule has 2 fully saturated rings. The van der Waals surface area contributed by atoms with E-state index >= 15 is 0 Å². The summed E-state index contributed by atoms with van der Waals surface area (Å²) in [6.45, 7) is 2.88. The van der Waals surface area contributed by atoms with Crippen molar-refractivity contribution in [3.63, 3.8) is 0 Å². The number of aliphatic hydroxyl groups excluding tert-OH is 1. The van der Waals surface area contributed by atoms with Gasteiger partial charge in [-0.25, -0.2) is 4.98 Å². The van der Waals surface area contributed by atoms with Crippen LogP contribution in [0.5, 0.6) is 0 Å². The summed E-state index contributed by atoms with van der Waals surface area (Å²) in [5.41, 5.74) is 0.490. The fraction of sp³-hybridized carbons (Fsp3) is 0.684. The second-order valence-corrected chi connectivity index (χ2v) is 8.29. The van der Waals surface area contributed by atoms with Gasteiger partial charge in [0, 0.05) is 37.7 Å². The molecule has 2 aliphatic rings. The first-order valence-electron chi connectivity index (χ1n) is 9.20. The number of pyridine rings is 1. The lowest BCUT2D eigenvalue weighted by Gasteiger charge is -2.56. The van der Waals surface area contributed by atoms with E-state index in [1.54, 1.807) is 6.20 Å². The summed E-state index contributed by atoms with van der Waals surface area (Å²) < 4.78 is 6.05. The van der Waals surface area contributed by atoms with Crippen molar-refractivity contribution in [3.8, 4) is 0 Å². The number of rotatable bonds is 6. The van der Waals surface area contributed by atoms with Crippen molar-refractivity contribution in [1.29, 1.82) is 0 Å². The number of piperidine rings is 1. The maximum atomic E-state index is 12.9. The Balaban J connectivity index is 1.60. The van der Waals surface area contributed by atoms with E-state index in [0.29, 0.717) is 31.7 Å². The quantitative estimate of drug-likeness (QED) is 0.760. The van der Waals surface area contributed by atoms with Gasteiger partial charge in [0.25, 0.3) is 5.91 Å². The van der Waals surface area contributed by atoms with Crippen LogP contribution in [0, 0.1) is 5.41 Å². The molecule has 2 atom stereocenters. The van der Waals surface area contributed by atoms with Crippen molar-refractivity contribution >= 4 is 17.7 Å². The summed E-state index contributed by atoms with van der Waals surface area (Å²) in [5.74, 6) is 0.0381. The molecule has 1 aromatic heterocycles. The summed E-state index contributed by atoms with van der Waals surface area (Å²) >= 11 is 1.49. The summed E-state index contributed by atoms with van der Waals surface area (Å²) in [4.78, 5) is 21.2. The van der Waals surface area contributed by atoms with Gasteiger partial charge in [-0.2, -0.15) is 0 Å². The van der Waals surface area contributed by atoms with Crippen molar-refractivity contribution in [2.45, 2.75) is 36.5 Å². The van der Waals surface area contributed by atoms with Gasteiger partial charge >= 0.3 is 0 Å². The first-order valence-corrected chi connectivity index (χ1v) is 10.4. The third kappa shape index (κ3) is 3.76. The molecule has 1 spiro atoms. The summed E-state index contributed by atoms with van der Waals surface area (Å²) in [6, 6.07) is 3.65. The van der Waals surface area contributed by atoms with E-state index in [1.165, 1.54) is 11.8 Å². The Bertz CT molecular complexity index is 632. The highest BCUT2D eigenvalue weighted by Gasteiger charge is 2.56. The van der Waals surface area contributed by atoms with E-state index in [4.69, 9.17) is 4.74 Å². The van der Waals surface area contributed by atoms with Gasteiger partial charge in [0.2, 0.25) is 0 Å². The molecule has 6 nitrogen and oxygen atoms in total. The first-order chi connectivity index (χ1) is 12.5. The van der Waals surface area contributed by atoms with Crippen LogP contribution in [0.3, 0.4) is 0 Å². The molecule has 3 rings (SSSR count). The van der Waals surface area contributed by atoms with E-state index in [1.807, 2.05) is 37.4 Å². The number of hydrogen-bond donors (Lipinski definition) is 1. The molecule has 0 aromatic carbocycles. The molecule has 1 aromatic rings. The standard InChI is InChI=1S/C19H29N3O3S/c1-21(2)11-12-25-16-13-15(23)19(16)6-9-22(10-7-19)18(24)14-5-4-8-20-17(14)26-3/h4-5,8,15-16,23H,6-7,9-13H2,1-3H3/t15-,16+/m1/s1. The molecule has 26 heavy (non-hydrogen) atoms. The highest BCUT2D eigenvalue weighted by molar-refractivity contribution is 7.98. The maximum Gasteiger partial charge on any atom is 0.256 e. The minimum atomic E-state index is -0.316. The number of carbonyl (C=O) groups is 1. The molecular weight excluding hydrogens is 350 g/mol. The lowest BCUT2D eigenvalue weighted by Crippen LogP contribution is -2.63. The van der Waals surface area contributed by atoms with Gasteiger partial charge in [0.15, 0.2) is 0 Å². The summed E-state index contributed by atoms with van der Waals surface area (Å²) in [6.07, 6.45) is 5.74. The zero-order valence-electron chi connectivity index (χ0n) is 15.9. The molecule has 0 radical (unpaired) electrons. The Hall–Kier alpha value is -1.15. The van der Waals surface area contributed by atoms with Crippen LogP contribution in [0.2, 0.25) is 0 Å². The number of amides is 1. The largest absolute Gasteiger partial charge is 0.392 e. The van der Waals surface area contributed by atoms with E-state index < -0.39 is 0 Å². The molecule has 144 valence electrons. The second kappa shape index (κ2) is 8.25. The van der Waals surface area contributed by atoms with E-state index in [0.717, 1.165) is 24.4 Å². The number of likely N-dealkylation sites (tertiary alicyclic amines) is 1. The molecule has 1 aliphatic heterocycles. The van der Waals surface area contributed by atoms with Crippen molar-refractivity contribution in [3.05, 3.63) is 23.9 Å². The Labute approximate surface area is 159 Å². The number of thioether (sulfide) groups is 1. The molecule has 2 heterocycles. The fourth-order valence-corrected chi connectivity index (χ4v) is 4.55. The molecule has 0 bridgehead atoms. The van der Waals surface area contributed by atoms with Gasteiger partial charge in [-0.05, 0) is 45.3 Å². The highest BCUT2D eigenvalue weighted by atomic mass is 32.2. The minimum Gasteiger partial charge on any atom is -0.392 e. The van der Waals surface area contributed by atoms with Gasteiger partial charge in [0.1, 0.15) is 5.03 Å². The molecular formula is C19H29N3O3S. The average molecular weight is 380 g/mol. The normalized spacial score (nSPS) is 24.7. The monoisotopic (exact) mass is 379 g/mol. The number of nitrogens with zero attached hydrogens (tertiary/aromatic N) is 3. The Morgan fingerprint density at radius 3 is 2.81 bits per heavy atom. The van der Waals surface area contributed by atoms with Crippen LogP contribution in [0.4, 0.5) is 0 Å². The van der Waals surface area contributed by atoms with Crippen LogP contribution >= 0.6 is 11.8 Å². The maximum absolute atomic E-state index is 12.9. The average Bonchev–Trinajstić information content (AvgIpc) is 2.66. The van der Waals surface area contributed by atoms with Crippen molar-refractivity contribution in [2.75, 3.05) is 46.6 Å². The van der Waals surface area contributed by atoms with Crippen LogP contribution in [0.25, 0.3) is 0 Å². The molecule has 7 heteroatoms. The fourth-order valence-electron chi connectivity index (χ4n) is 4.01. The third-order valence-corrected chi connectivity index (χ3v) is 6.49. The van der Waals surface area contributed by atoms with Gasteiger partial charge in [-0.15, -0.1) is 11.8 Å². The van der Waals surface area contributed by atoms with Crippen LogP contribution in [0.15, 0.2) is 23.4 Å². The van der Waals surface area contributed by atoms with E-state index in [-0.39, 0.29) is 23.5 Å². The highest BCUT2D eigenvalue weighted by Crippen LogP contribution is 2.51. The SMILES string of the molecule is CSc1ncccc1C(=O)N1CCC2(CC1)[C@H](O)C[C@@H]2OCCN(C)C. The van der Waals surface area contributed by atoms with Crippen molar-refractivity contribution in [1.82, 2.24) is 14.8 Å². The molecule has 1 saturated heterocycles. The summed E-state index contributed by atoms with van der Waals surface area (Å²) in [5, 5.41) is 11.2. The van der Waals surface area contributed by atoms with Gasteiger partial charge in [-0.1, -0.05) is 0 Å². The minimum absolute atomic E-state index is 0.0381. The lowest BCUT2D eigenvalue weighted by molar-refractivity contribution is -0.209. The Morgan fingerprint density at radius 2 is 2.19 bits per heavy atom. The number of hydrogen-bond acceptors (Lipinski definition) is 6. The number of aliphatic hydroxyl groups is 1. The zero-order chi connectivity index (χ0) is 18.7. The first kappa shape index (κ1) is 19.6. The molecule has 1 N–H and O–H groups in total. The Kier molecular flexibility index (Phi) is 6.22. The Morgan fingerprint density at radius 1 is 1.46 bits per heavy atom. The van der Waals surface area contributed by atoms with Crippen LogP contribution in [0.1, 0.15) is 29.6 Å². The number of ether oxygens (including phenoxy) is 1. The third-order valence-electron chi connectivity index (χ3n) is 5.78. The van der Waals surface area contributed by atoms with Crippen LogP contribution < -0.4 is 0 Å². The smallest absolute Gasteiger partial charge is 0.256 e. The molecule has 0 unspecified atom stereocenters. The topological polar surface area (TPSA) is 65.9 Å². The predicted molar refractivity (Wildman–Crippen MR) is 103 cm³/mol. The predicted octanol–water partition coefficient (Wildman–Crippen LogP) is 1.74. The van der Waals surface area contributed by atoms with E-state index in [2.05, 4.69) is 9.88 Å². The molecule has 1 aliphatic carbocycles. The zero-order valence-corrected chi connectivity index (χ0v) is 16.7. The van der Waals surface area contributed by atoms with Crippen LogP contribution in [-0.4, -0.2) is 84.6 Å². The molecule has 1 amide bonds. The number of carbonyl (C=O) groups excluding carboxylic acids is 1. The van der Waals surface area contributed by atoms with Gasteiger partial charge < -0.3 is 19.6 Å². The van der Waals surface area contributed by atoms with E-state index in [9.17, 15) is 9.90 Å². The number of likely N-dealkylation sites (N-methyl/N-ethyl adjacent to an activating group) is 1. The van der Waals surface area contributed by atoms with Gasteiger partial charge in [-0.3, -0.25) is 4.79 Å².